The van der Waals surface area contributed by atoms with E-state index in [4.69, 9.17) is 0 Å². The normalized spacial score (nSPS) is 18.7. The molecule has 0 N–H and O–H groups in total. The fourth-order valence-electron chi connectivity index (χ4n) is 1.21. The molecule has 1 aliphatic heterocycles. The van der Waals surface area contributed by atoms with Crippen molar-refractivity contribution >= 4 is 6.47 Å². The Hall–Kier alpha value is -0.570. The maximum atomic E-state index is 9.18. The lowest BCUT2D eigenvalue weighted by atomic mass is 10.00. The fraction of sp³-hybridized carbons (Fsp3) is 0.900. The molecule has 0 unspecified atom stereocenters. The Morgan fingerprint density at radius 2 is 2.00 bits per heavy atom. The molecule has 78 valence electrons. The average Bonchev–Trinajstić information content (AvgIpc) is 2.13. The van der Waals surface area contributed by atoms with Crippen LogP contribution in [0.4, 0.5) is 0 Å². The maximum Gasteiger partial charge on any atom is 0.293 e. The Morgan fingerprint density at radius 1 is 1.46 bits per heavy atom. The van der Waals surface area contributed by atoms with Gasteiger partial charge < -0.3 is 9.64 Å². The number of carbonyl (C=O) groups excluding carboxylic acids is 1. The first kappa shape index (κ1) is 12.4. The fourth-order valence-corrected chi connectivity index (χ4v) is 1.21. The van der Waals surface area contributed by atoms with Crippen LogP contribution in [0.15, 0.2) is 0 Å². The first-order valence-corrected chi connectivity index (χ1v) is 4.94. The number of nitrogens with zero attached hydrogens (tertiary/aromatic N) is 1. The number of likely N-dealkylation sites (tertiary alicyclic amines) is 1. The molecule has 1 rings (SSSR count). The summed E-state index contributed by atoms with van der Waals surface area (Å²) in [6.45, 7) is 7.62. The van der Waals surface area contributed by atoms with Gasteiger partial charge in [-0.25, -0.2) is 0 Å². The summed E-state index contributed by atoms with van der Waals surface area (Å²) in [6.07, 6.45) is 2.80. The summed E-state index contributed by atoms with van der Waals surface area (Å²) < 4.78 is 4.15. The van der Waals surface area contributed by atoms with Gasteiger partial charge in [-0.15, -0.1) is 0 Å². The van der Waals surface area contributed by atoms with Crippen molar-refractivity contribution in [2.24, 2.45) is 5.92 Å². The van der Waals surface area contributed by atoms with Gasteiger partial charge in [-0.3, -0.25) is 4.79 Å². The van der Waals surface area contributed by atoms with E-state index in [1.54, 1.807) is 6.92 Å². The van der Waals surface area contributed by atoms with Crippen LogP contribution in [0.5, 0.6) is 0 Å². The molecule has 3 heteroatoms. The Bertz CT molecular complexity index is 110. The summed E-state index contributed by atoms with van der Waals surface area (Å²) in [7, 11) is 2.20. The molecule has 0 aromatic rings. The van der Waals surface area contributed by atoms with E-state index in [0.717, 1.165) is 5.92 Å². The lowest BCUT2D eigenvalue weighted by Crippen LogP contribution is -2.28. The van der Waals surface area contributed by atoms with Gasteiger partial charge in [-0.05, 0) is 45.8 Å². The van der Waals surface area contributed by atoms with Crippen molar-refractivity contribution in [3.63, 3.8) is 0 Å². The summed E-state index contributed by atoms with van der Waals surface area (Å²) in [4.78, 5) is 11.6. The third-order valence-corrected chi connectivity index (χ3v) is 2.24. The Balaban J connectivity index is 0.000000252. The van der Waals surface area contributed by atoms with Crippen molar-refractivity contribution < 1.29 is 9.53 Å². The number of piperidine rings is 1. The Labute approximate surface area is 81.1 Å². The molecule has 0 aliphatic carbocycles. The Morgan fingerprint density at radius 3 is 2.23 bits per heavy atom. The number of ether oxygens (including phenoxy) is 1. The van der Waals surface area contributed by atoms with Crippen LogP contribution >= 0.6 is 0 Å². The van der Waals surface area contributed by atoms with Crippen molar-refractivity contribution in [3.8, 4) is 0 Å². The highest BCUT2D eigenvalue weighted by atomic mass is 16.5. The minimum Gasteiger partial charge on any atom is -0.468 e. The van der Waals surface area contributed by atoms with Crippen LogP contribution in [0.2, 0.25) is 0 Å². The molecule has 0 amide bonds. The van der Waals surface area contributed by atoms with E-state index in [-0.39, 0.29) is 0 Å². The zero-order valence-electron chi connectivity index (χ0n) is 8.95. The van der Waals surface area contributed by atoms with Crippen LogP contribution in [0.1, 0.15) is 26.7 Å². The van der Waals surface area contributed by atoms with Crippen molar-refractivity contribution in [3.05, 3.63) is 0 Å². The number of carbonyl (C=O) groups is 1. The van der Waals surface area contributed by atoms with Crippen LogP contribution in [0, 0.1) is 5.92 Å². The lowest BCUT2D eigenvalue weighted by Gasteiger charge is -2.26. The SMILES string of the molecule is CC1CCN(C)CC1.CCOC=O. The van der Waals surface area contributed by atoms with Gasteiger partial charge in [0.25, 0.3) is 6.47 Å². The highest BCUT2D eigenvalue weighted by molar-refractivity contribution is 5.36. The highest BCUT2D eigenvalue weighted by Crippen LogP contribution is 2.13. The lowest BCUT2D eigenvalue weighted by molar-refractivity contribution is -0.128. The first-order chi connectivity index (χ1) is 6.20. The van der Waals surface area contributed by atoms with Gasteiger partial charge in [0, 0.05) is 0 Å². The Kier molecular flexibility index (Phi) is 7.69. The molecule has 1 aliphatic rings. The monoisotopic (exact) mass is 187 g/mol. The maximum absolute atomic E-state index is 9.18. The van der Waals surface area contributed by atoms with E-state index >= 15 is 0 Å². The van der Waals surface area contributed by atoms with Crippen molar-refractivity contribution in [2.45, 2.75) is 26.7 Å². The number of hydrogen-bond acceptors (Lipinski definition) is 3. The third kappa shape index (κ3) is 7.78. The molecule has 0 aromatic heterocycles. The zero-order chi connectivity index (χ0) is 10.1. The molecule has 0 bridgehead atoms. The number of hydrogen-bond donors (Lipinski definition) is 0. The minimum absolute atomic E-state index is 0.431. The van der Waals surface area contributed by atoms with Gasteiger partial charge in [0.2, 0.25) is 0 Å². The van der Waals surface area contributed by atoms with Gasteiger partial charge in [-0.1, -0.05) is 6.92 Å². The van der Waals surface area contributed by atoms with Gasteiger partial charge in [0.1, 0.15) is 0 Å². The predicted molar refractivity (Wildman–Crippen MR) is 53.6 cm³/mol. The van der Waals surface area contributed by atoms with E-state index < -0.39 is 0 Å². The van der Waals surface area contributed by atoms with E-state index in [9.17, 15) is 4.79 Å². The van der Waals surface area contributed by atoms with Gasteiger partial charge in [0.05, 0.1) is 6.61 Å². The topological polar surface area (TPSA) is 29.5 Å². The van der Waals surface area contributed by atoms with E-state index in [2.05, 4.69) is 23.6 Å². The quantitative estimate of drug-likeness (QED) is 0.614. The molecule has 0 aromatic carbocycles. The molecule has 1 saturated heterocycles. The average molecular weight is 187 g/mol. The van der Waals surface area contributed by atoms with Crippen LogP contribution in [0.25, 0.3) is 0 Å². The first-order valence-electron chi connectivity index (χ1n) is 4.94. The van der Waals surface area contributed by atoms with Crippen molar-refractivity contribution in [1.29, 1.82) is 0 Å². The molecule has 13 heavy (non-hydrogen) atoms. The van der Waals surface area contributed by atoms with Crippen LogP contribution in [-0.2, 0) is 9.53 Å². The molecule has 1 heterocycles. The second kappa shape index (κ2) is 8.05. The zero-order valence-corrected chi connectivity index (χ0v) is 8.95. The third-order valence-electron chi connectivity index (χ3n) is 2.24. The number of rotatable bonds is 2. The summed E-state index contributed by atoms with van der Waals surface area (Å²) in [6, 6.07) is 0. The van der Waals surface area contributed by atoms with Gasteiger partial charge >= 0.3 is 0 Å². The van der Waals surface area contributed by atoms with Gasteiger partial charge in [-0.2, -0.15) is 0 Å². The van der Waals surface area contributed by atoms with E-state index in [1.165, 1.54) is 25.9 Å². The summed E-state index contributed by atoms with van der Waals surface area (Å²) in [5.41, 5.74) is 0. The molecule has 0 radical (unpaired) electrons. The molecule has 0 spiro atoms. The minimum atomic E-state index is 0.431. The molecule has 0 atom stereocenters. The summed E-state index contributed by atoms with van der Waals surface area (Å²) >= 11 is 0. The van der Waals surface area contributed by atoms with Crippen LogP contribution in [0.3, 0.4) is 0 Å². The molecule has 3 nitrogen and oxygen atoms in total. The molecule has 1 fully saturated rings. The standard InChI is InChI=1S/C7H15N.C3H6O2/c1-7-3-5-8(2)6-4-7;1-2-5-3-4/h7H,3-6H2,1-2H3;3H,2H2,1H3. The predicted octanol–water partition coefficient (Wildman–Crippen LogP) is 1.53. The summed E-state index contributed by atoms with van der Waals surface area (Å²) in [5, 5.41) is 0. The molecule has 0 saturated carbocycles. The van der Waals surface area contributed by atoms with E-state index in [1.807, 2.05) is 0 Å². The smallest absolute Gasteiger partial charge is 0.293 e. The van der Waals surface area contributed by atoms with Crippen LogP contribution < -0.4 is 0 Å². The second-order valence-electron chi connectivity index (χ2n) is 3.54. The van der Waals surface area contributed by atoms with Crippen molar-refractivity contribution in [1.82, 2.24) is 4.90 Å². The van der Waals surface area contributed by atoms with Crippen LogP contribution in [-0.4, -0.2) is 38.1 Å². The molecular formula is C10H21NO2. The van der Waals surface area contributed by atoms with E-state index in [0.29, 0.717) is 13.1 Å². The highest BCUT2D eigenvalue weighted by Gasteiger charge is 2.10. The largest absolute Gasteiger partial charge is 0.468 e. The van der Waals surface area contributed by atoms with Crippen molar-refractivity contribution in [2.75, 3.05) is 26.7 Å². The molecular weight excluding hydrogens is 166 g/mol. The summed E-state index contributed by atoms with van der Waals surface area (Å²) in [5.74, 6) is 0.978. The van der Waals surface area contributed by atoms with Gasteiger partial charge in [0.15, 0.2) is 0 Å². The second-order valence-corrected chi connectivity index (χ2v) is 3.54.